The average molecular weight is 332 g/mol. The number of hydrogen-bond donors (Lipinski definition) is 2. The Hall–Kier alpha value is -1.96. The van der Waals surface area contributed by atoms with Crippen LogP contribution in [0.4, 0.5) is 5.69 Å². The van der Waals surface area contributed by atoms with E-state index in [1.165, 1.54) is 5.71 Å². The van der Waals surface area contributed by atoms with Crippen LogP contribution in [0.5, 0.6) is 0 Å². The van der Waals surface area contributed by atoms with Crippen molar-refractivity contribution in [1.29, 1.82) is 0 Å². The van der Waals surface area contributed by atoms with E-state index in [-0.39, 0.29) is 5.41 Å². The minimum Gasteiger partial charge on any atom is -0.400 e. The van der Waals surface area contributed by atoms with Gasteiger partial charge in [0.05, 0.1) is 12.2 Å². The quantitative estimate of drug-likeness (QED) is 0.314. The average Bonchev–Trinajstić information content (AvgIpc) is 2.62. The number of nitrogens with zero attached hydrogens (tertiary/aromatic N) is 1. The van der Waals surface area contributed by atoms with Gasteiger partial charge in [0.1, 0.15) is 6.29 Å². The van der Waals surface area contributed by atoms with Crippen molar-refractivity contribution in [1.82, 2.24) is 5.32 Å². The Balaban J connectivity index is 0. The molecule has 0 bridgehead atoms. The van der Waals surface area contributed by atoms with E-state index in [0.29, 0.717) is 6.54 Å². The van der Waals surface area contributed by atoms with Crippen LogP contribution in [0, 0.1) is 18.3 Å². The van der Waals surface area contributed by atoms with E-state index in [2.05, 4.69) is 38.9 Å². The molecule has 0 unspecified atom stereocenters. The first-order chi connectivity index (χ1) is 11.6. The summed E-state index contributed by atoms with van der Waals surface area (Å²) in [5.74, 6) is 0. The van der Waals surface area contributed by atoms with Gasteiger partial charge in [-0.1, -0.05) is 39.0 Å². The Bertz CT molecular complexity index is 465. The molecule has 0 atom stereocenters. The van der Waals surface area contributed by atoms with Crippen molar-refractivity contribution in [3.63, 3.8) is 0 Å². The molecule has 24 heavy (non-hydrogen) atoms. The van der Waals surface area contributed by atoms with Gasteiger partial charge in [-0.2, -0.15) is 0 Å². The van der Waals surface area contributed by atoms with Gasteiger partial charge in [0.25, 0.3) is 0 Å². The third-order valence-electron chi connectivity index (χ3n) is 3.34. The van der Waals surface area contributed by atoms with E-state index in [1.807, 2.05) is 30.3 Å². The fourth-order valence-corrected chi connectivity index (χ4v) is 2.16. The predicted octanol–water partition coefficient (Wildman–Crippen LogP) is 3.62. The molecule has 1 aromatic carbocycles. The Morgan fingerprint density at radius 2 is 1.83 bits per heavy atom. The lowest BCUT2D eigenvalue weighted by atomic mass is 9.83. The molecule has 0 aromatic heterocycles. The van der Waals surface area contributed by atoms with Crippen LogP contribution < -0.4 is 5.32 Å². The molecule has 0 amide bonds. The molecule has 0 spiro atoms. The first kappa shape index (κ1) is 24.3. The van der Waals surface area contributed by atoms with Crippen molar-refractivity contribution in [2.24, 2.45) is 10.4 Å². The molecule has 4 nitrogen and oxygen atoms in total. The van der Waals surface area contributed by atoms with Crippen molar-refractivity contribution < 1.29 is 9.90 Å². The van der Waals surface area contributed by atoms with E-state index >= 15 is 0 Å². The number of nitrogens with one attached hydrogen (secondary N) is 1. The van der Waals surface area contributed by atoms with Crippen LogP contribution in [0.1, 0.15) is 40.0 Å². The van der Waals surface area contributed by atoms with Crippen molar-refractivity contribution in [3.05, 3.63) is 30.3 Å². The fourth-order valence-electron chi connectivity index (χ4n) is 2.16. The summed E-state index contributed by atoms with van der Waals surface area (Å²) in [6, 6.07) is 10.1. The van der Waals surface area contributed by atoms with Gasteiger partial charge in [-0.15, -0.1) is 12.8 Å². The van der Waals surface area contributed by atoms with Crippen molar-refractivity contribution in [3.8, 4) is 12.8 Å². The number of carbonyl (C=O) groups excluding carboxylic acids is 1. The maximum absolute atomic E-state index is 10.3. The summed E-state index contributed by atoms with van der Waals surface area (Å²) in [7, 11) is 1.00. The van der Waals surface area contributed by atoms with E-state index < -0.39 is 0 Å². The summed E-state index contributed by atoms with van der Waals surface area (Å²) in [6.45, 7) is 7.98. The summed E-state index contributed by atoms with van der Waals surface area (Å²) in [5.41, 5.74) is 2.45. The lowest BCUT2D eigenvalue weighted by Crippen LogP contribution is -2.25. The Morgan fingerprint density at radius 1 is 1.25 bits per heavy atom. The second kappa shape index (κ2) is 15.9. The van der Waals surface area contributed by atoms with E-state index in [0.717, 1.165) is 44.9 Å². The van der Waals surface area contributed by atoms with Crippen LogP contribution in [0.15, 0.2) is 35.3 Å². The van der Waals surface area contributed by atoms with Gasteiger partial charge >= 0.3 is 0 Å². The zero-order chi connectivity index (χ0) is 18.8. The molecule has 0 saturated carbocycles. The number of benzene rings is 1. The minimum absolute atomic E-state index is 0.194. The Labute approximate surface area is 147 Å². The number of carbonyl (C=O) groups is 1. The van der Waals surface area contributed by atoms with Crippen LogP contribution in [0.3, 0.4) is 0 Å². The summed E-state index contributed by atoms with van der Waals surface area (Å²) in [6.07, 6.45) is 11.9. The van der Waals surface area contributed by atoms with Crippen molar-refractivity contribution in [2.75, 3.05) is 20.2 Å². The first-order valence-corrected chi connectivity index (χ1v) is 8.11. The van der Waals surface area contributed by atoms with Crippen LogP contribution in [0.25, 0.3) is 0 Å². The largest absolute Gasteiger partial charge is 0.400 e. The van der Waals surface area contributed by atoms with E-state index in [4.69, 9.17) is 10.1 Å². The molecular weight excluding hydrogens is 300 g/mol. The maximum atomic E-state index is 10.3. The topological polar surface area (TPSA) is 61.7 Å². The monoisotopic (exact) mass is 332 g/mol. The van der Waals surface area contributed by atoms with Gasteiger partial charge in [-0.3, -0.25) is 4.99 Å². The lowest BCUT2D eigenvalue weighted by Gasteiger charge is -2.25. The number of aldehydes is 1. The number of hydrogen-bond acceptors (Lipinski definition) is 4. The molecule has 0 fully saturated rings. The predicted molar refractivity (Wildman–Crippen MR) is 104 cm³/mol. The Morgan fingerprint density at radius 3 is 2.33 bits per heavy atom. The molecule has 1 rings (SSSR count). The number of aliphatic imine (C=N–C) groups is 1. The van der Waals surface area contributed by atoms with E-state index in [9.17, 15) is 4.79 Å². The standard InChI is InChI=1S/C17H26N2O.C2H2.CH4O/c1-4-15(19-16-8-6-5-7-9-16)14-17(2,3)10-11-18-12-13-20;2*1-2/h5-9,13,18H,4,10-12,14H2,1-3H3;1-2H;2H,1H3. The molecule has 134 valence electrons. The van der Waals surface area contributed by atoms with Gasteiger partial charge < -0.3 is 15.2 Å². The highest BCUT2D eigenvalue weighted by Gasteiger charge is 2.19. The molecule has 0 heterocycles. The van der Waals surface area contributed by atoms with Gasteiger partial charge in [0.15, 0.2) is 0 Å². The maximum Gasteiger partial charge on any atom is 0.133 e. The van der Waals surface area contributed by atoms with Gasteiger partial charge in [0.2, 0.25) is 0 Å². The summed E-state index contributed by atoms with van der Waals surface area (Å²) in [5, 5.41) is 10.1. The highest BCUT2D eigenvalue weighted by Crippen LogP contribution is 2.27. The molecule has 0 radical (unpaired) electrons. The number of aliphatic hydroxyl groups is 1. The molecule has 0 aliphatic rings. The smallest absolute Gasteiger partial charge is 0.133 e. The normalized spacial score (nSPS) is 10.7. The SMILES string of the molecule is C#C.CCC(CC(C)(C)CCNCC=O)=Nc1ccccc1.CO. The number of aliphatic hydroxyl groups excluding tert-OH is 1. The van der Waals surface area contributed by atoms with Crippen molar-refractivity contribution >= 4 is 17.7 Å². The van der Waals surface area contributed by atoms with Crippen LogP contribution in [-0.4, -0.2) is 37.3 Å². The van der Waals surface area contributed by atoms with Crippen molar-refractivity contribution in [2.45, 2.75) is 40.0 Å². The van der Waals surface area contributed by atoms with E-state index in [1.54, 1.807) is 0 Å². The molecule has 2 N–H and O–H groups in total. The fraction of sp³-hybridized carbons (Fsp3) is 0.500. The third kappa shape index (κ3) is 12.6. The highest BCUT2D eigenvalue weighted by atomic mass is 16.2. The lowest BCUT2D eigenvalue weighted by molar-refractivity contribution is -0.107. The molecule has 0 aliphatic heterocycles. The molecule has 4 heteroatoms. The third-order valence-corrected chi connectivity index (χ3v) is 3.34. The van der Waals surface area contributed by atoms with Gasteiger partial charge in [-0.05, 0) is 43.4 Å². The number of terminal acetylenes is 1. The second-order valence-electron chi connectivity index (χ2n) is 5.83. The molecule has 0 aliphatic carbocycles. The second-order valence-corrected chi connectivity index (χ2v) is 5.83. The first-order valence-electron chi connectivity index (χ1n) is 8.11. The highest BCUT2D eigenvalue weighted by molar-refractivity contribution is 5.87. The summed E-state index contributed by atoms with van der Waals surface area (Å²) in [4.78, 5) is 15.0. The summed E-state index contributed by atoms with van der Waals surface area (Å²) >= 11 is 0. The minimum atomic E-state index is 0.194. The number of para-hydroxylation sites is 1. The zero-order valence-electron chi connectivity index (χ0n) is 15.5. The molecule has 0 saturated heterocycles. The van der Waals surface area contributed by atoms with Gasteiger partial charge in [0, 0.05) is 12.8 Å². The van der Waals surface area contributed by atoms with Crippen LogP contribution >= 0.6 is 0 Å². The number of rotatable bonds is 9. The molecular formula is C20H32N2O2. The van der Waals surface area contributed by atoms with Crippen LogP contribution in [-0.2, 0) is 4.79 Å². The summed E-state index contributed by atoms with van der Waals surface area (Å²) < 4.78 is 0. The van der Waals surface area contributed by atoms with Gasteiger partial charge in [-0.25, -0.2) is 0 Å². The zero-order valence-corrected chi connectivity index (χ0v) is 15.5. The Kier molecular flexibility index (Phi) is 16.1. The van der Waals surface area contributed by atoms with Crippen LogP contribution in [0.2, 0.25) is 0 Å². The molecule has 1 aromatic rings.